The number of aromatic hydroxyl groups is 1. The molecule has 0 aromatic heterocycles. The summed E-state index contributed by atoms with van der Waals surface area (Å²) in [4.78, 5) is 124. The van der Waals surface area contributed by atoms with Gasteiger partial charge in [0.15, 0.2) is 5.96 Å². The monoisotopic (exact) mass is 965 g/mol. The predicted octanol–water partition coefficient (Wildman–Crippen LogP) is -2.25. The number of carboxylic acid groups (broad SMARTS) is 1. The molecule has 1 aliphatic rings. The Morgan fingerprint density at radius 2 is 1.35 bits per heavy atom. The molecule has 0 spiro atoms. The molecule has 0 saturated carbocycles. The number of aliphatic carboxylic acids is 1. The van der Waals surface area contributed by atoms with E-state index in [1.165, 1.54) is 29.2 Å². The number of guanidine groups is 1. The maximum absolute atomic E-state index is 14.4. The van der Waals surface area contributed by atoms with Gasteiger partial charge in [-0.15, -0.1) is 0 Å². The molecule has 0 bridgehead atoms. The Labute approximate surface area is 400 Å². The van der Waals surface area contributed by atoms with Gasteiger partial charge >= 0.3 is 5.97 Å². The minimum absolute atomic E-state index is 0.0108. The van der Waals surface area contributed by atoms with Crippen molar-refractivity contribution in [3.8, 4) is 5.75 Å². The topological polar surface area (TPSA) is 386 Å². The molecule has 16 N–H and O–H groups in total. The Kier molecular flexibility index (Phi) is 22.3. The second-order valence-electron chi connectivity index (χ2n) is 17.7. The van der Waals surface area contributed by atoms with E-state index in [0.29, 0.717) is 17.5 Å². The Morgan fingerprint density at radius 3 is 1.94 bits per heavy atom. The molecule has 2 aromatic carbocycles. The summed E-state index contributed by atoms with van der Waals surface area (Å²) in [5.41, 5.74) is 23.3. The lowest BCUT2D eigenvalue weighted by molar-refractivity contribution is -0.143. The van der Waals surface area contributed by atoms with Crippen LogP contribution in [0.15, 0.2) is 59.6 Å². The molecule has 1 heterocycles. The molecule has 8 amide bonds. The second kappa shape index (κ2) is 27.5. The van der Waals surface area contributed by atoms with Crippen LogP contribution in [0.3, 0.4) is 0 Å². The first-order chi connectivity index (χ1) is 32.6. The molecule has 23 nitrogen and oxygen atoms in total. The molecule has 1 aliphatic heterocycles. The predicted molar refractivity (Wildman–Crippen MR) is 253 cm³/mol. The van der Waals surface area contributed by atoms with Crippen LogP contribution in [0.1, 0.15) is 77.3 Å². The summed E-state index contributed by atoms with van der Waals surface area (Å²) in [5.74, 6) is -8.19. The summed E-state index contributed by atoms with van der Waals surface area (Å²) in [7, 11) is 0. The molecular formula is C46H68N12O11. The van der Waals surface area contributed by atoms with Crippen molar-refractivity contribution in [2.24, 2.45) is 39.8 Å². The van der Waals surface area contributed by atoms with Gasteiger partial charge in [0.1, 0.15) is 42.0 Å². The van der Waals surface area contributed by atoms with Crippen molar-refractivity contribution < 1.29 is 53.4 Å². The number of rotatable bonds is 27. The van der Waals surface area contributed by atoms with Crippen molar-refractivity contribution in [1.82, 2.24) is 36.8 Å². The molecular weight excluding hydrogens is 897 g/mol. The van der Waals surface area contributed by atoms with E-state index < -0.39 is 114 Å². The van der Waals surface area contributed by atoms with Gasteiger partial charge in [0, 0.05) is 25.9 Å². The zero-order valence-corrected chi connectivity index (χ0v) is 39.4. The average molecular weight is 965 g/mol. The number of phenolic OH excluding ortho intramolecular Hbond substituents is 1. The summed E-state index contributed by atoms with van der Waals surface area (Å²) >= 11 is 0. The van der Waals surface area contributed by atoms with Crippen molar-refractivity contribution in [2.75, 3.05) is 19.6 Å². The van der Waals surface area contributed by atoms with Gasteiger partial charge in [0.05, 0.1) is 19.0 Å². The minimum Gasteiger partial charge on any atom is -0.508 e. The number of carboxylic acids is 1. The number of likely N-dealkylation sites (tertiary alicyclic amines) is 1. The molecule has 1 saturated heterocycles. The van der Waals surface area contributed by atoms with Crippen molar-refractivity contribution in [3.63, 3.8) is 0 Å². The van der Waals surface area contributed by atoms with E-state index in [1.807, 2.05) is 13.8 Å². The fraction of sp³-hybridized carbons (Fsp3) is 0.522. The Morgan fingerprint density at radius 1 is 0.739 bits per heavy atom. The molecule has 2 aromatic rings. The van der Waals surface area contributed by atoms with E-state index >= 15 is 0 Å². The van der Waals surface area contributed by atoms with Crippen LogP contribution < -0.4 is 54.8 Å². The molecule has 1 fully saturated rings. The fourth-order valence-electron chi connectivity index (χ4n) is 7.54. The maximum Gasteiger partial charge on any atom is 0.326 e. The SMILES string of the molecule is CC(C)C[C@H](NC(=O)[C@@H](NC(=O)[C@@H]1CCCN1C(=O)[C@H](CCCN=C(N)N)NC(=O)[C@H](Cc1ccc(O)cc1)NC(=O)[C@@H](N)CC(N)=O)C(C)C)C(=O)NCC(=O)N[C@@H](Cc1ccccc1)C(=O)O. The normalized spacial score (nSPS) is 15.9. The van der Waals surface area contributed by atoms with E-state index in [0.717, 1.165) is 0 Å². The fourth-order valence-corrected chi connectivity index (χ4v) is 7.54. The second-order valence-corrected chi connectivity index (χ2v) is 17.7. The highest BCUT2D eigenvalue weighted by Gasteiger charge is 2.40. The van der Waals surface area contributed by atoms with Crippen LogP contribution in [0.2, 0.25) is 0 Å². The first-order valence-electron chi connectivity index (χ1n) is 22.8. The zero-order chi connectivity index (χ0) is 51.4. The van der Waals surface area contributed by atoms with E-state index in [9.17, 15) is 53.4 Å². The molecule has 23 heteroatoms. The highest BCUT2D eigenvalue weighted by atomic mass is 16.4. The number of benzene rings is 2. The van der Waals surface area contributed by atoms with Crippen LogP contribution in [-0.4, -0.2) is 136 Å². The van der Waals surface area contributed by atoms with Gasteiger partial charge in [-0.3, -0.25) is 43.3 Å². The van der Waals surface area contributed by atoms with E-state index in [1.54, 1.807) is 44.2 Å². The number of hydrogen-bond acceptors (Lipinski definition) is 12. The molecule has 3 rings (SSSR count). The summed E-state index contributed by atoms with van der Waals surface area (Å²) in [5, 5.41) is 35.0. The molecule has 0 unspecified atom stereocenters. The van der Waals surface area contributed by atoms with Crippen molar-refractivity contribution in [2.45, 2.75) is 121 Å². The Bertz CT molecular complexity index is 2130. The minimum atomic E-state index is -1.39. The third kappa shape index (κ3) is 19.1. The number of carbonyl (C=O) groups excluding carboxylic acids is 8. The van der Waals surface area contributed by atoms with Crippen LogP contribution in [-0.2, 0) is 56.0 Å². The van der Waals surface area contributed by atoms with E-state index in [-0.39, 0.29) is 69.2 Å². The number of phenols is 1. The number of amides is 8. The molecule has 0 aliphatic carbocycles. The quantitative estimate of drug-likeness (QED) is 0.0256. The zero-order valence-electron chi connectivity index (χ0n) is 39.4. The summed E-state index contributed by atoms with van der Waals surface area (Å²) < 4.78 is 0. The number of nitrogens with two attached hydrogens (primary N) is 4. The third-order valence-corrected chi connectivity index (χ3v) is 11.1. The van der Waals surface area contributed by atoms with Crippen molar-refractivity contribution >= 4 is 59.2 Å². The first kappa shape index (κ1) is 56.0. The van der Waals surface area contributed by atoms with Crippen LogP contribution in [0.5, 0.6) is 5.75 Å². The molecule has 7 atom stereocenters. The van der Waals surface area contributed by atoms with Gasteiger partial charge in [-0.25, -0.2) is 4.79 Å². The number of aliphatic imine (C=N–C) groups is 1. The summed E-state index contributed by atoms with van der Waals surface area (Å²) in [6, 6.07) is 5.78. The lowest BCUT2D eigenvalue weighted by atomic mass is 9.99. The van der Waals surface area contributed by atoms with Gasteiger partial charge in [0.2, 0.25) is 47.3 Å². The van der Waals surface area contributed by atoms with Gasteiger partial charge < -0.3 is 69.9 Å². The van der Waals surface area contributed by atoms with Gasteiger partial charge in [-0.05, 0) is 67.2 Å². The number of nitrogens with zero attached hydrogens (tertiary/aromatic N) is 2. The molecule has 69 heavy (non-hydrogen) atoms. The lowest BCUT2D eigenvalue weighted by Gasteiger charge is -2.31. The summed E-state index contributed by atoms with van der Waals surface area (Å²) in [6.07, 6.45) is 0.287. The Balaban J connectivity index is 1.78. The molecule has 378 valence electrons. The van der Waals surface area contributed by atoms with Crippen LogP contribution in [0, 0.1) is 11.8 Å². The first-order valence-corrected chi connectivity index (χ1v) is 22.8. The van der Waals surface area contributed by atoms with E-state index in [4.69, 9.17) is 22.9 Å². The van der Waals surface area contributed by atoms with Gasteiger partial charge in [0.25, 0.3) is 0 Å². The van der Waals surface area contributed by atoms with E-state index in [2.05, 4.69) is 36.9 Å². The van der Waals surface area contributed by atoms with Crippen LogP contribution >= 0.6 is 0 Å². The van der Waals surface area contributed by atoms with Crippen LogP contribution in [0.4, 0.5) is 0 Å². The van der Waals surface area contributed by atoms with Crippen LogP contribution in [0.25, 0.3) is 0 Å². The van der Waals surface area contributed by atoms with Gasteiger partial charge in [-0.2, -0.15) is 0 Å². The van der Waals surface area contributed by atoms with Crippen molar-refractivity contribution in [3.05, 3.63) is 65.7 Å². The number of hydrogen-bond donors (Lipinski definition) is 12. The Hall–Kier alpha value is -7.30. The standard InChI is InChI=1S/C46H68N12O11/c1-25(2)20-32(40(63)52-24-37(61)53-34(45(68)69)22-27-10-6-5-7-11-27)56-43(66)38(26(3)4)57-42(65)35-13-9-19-58(35)44(67)31(12-8-18-51-46(49)50)54-41(64)33(21-28-14-16-29(59)17-15-28)55-39(62)30(47)23-36(48)60/h5-7,10-11,14-17,25-26,30-35,38,59H,8-9,12-13,18-24,47H2,1-4H3,(H2,48,60)(H,52,63)(H,53,61)(H,54,64)(H,55,62)(H,56,66)(H,57,65)(H,68,69)(H4,49,50,51)/t30-,31-,32-,33-,34-,35-,38-/m0/s1. The largest absolute Gasteiger partial charge is 0.508 e. The highest BCUT2D eigenvalue weighted by molar-refractivity contribution is 5.98. The number of carbonyl (C=O) groups is 9. The average Bonchev–Trinajstić information content (AvgIpc) is 3.78. The maximum atomic E-state index is 14.4. The van der Waals surface area contributed by atoms with Crippen molar-refractivity contribution in [1.29, 1.82) is 0 Å². The summed E-state index contributed by atoms with van der Waals surface area (Å²) in [6.45, 7) is 6.59. The number of nitrogens with one attached hydrogen (secondary N) is 6. The third-order valence-electron chi connectivity index (χ3n) is 11.1. The lowest BCUT2D eigenvalue weighted by Crippen LogP contribution is -2.60. The molecule has 0 radical (unpaired) electrons. The van der Waals surface area contributed by atoms with Gasteiger partial charge in [-0.1, -0.05) is 70.2 Å². The highest BCUT2D eigenvalue weighted by Crippen LogP contribution is 2.21. The smallest absolute Gasteiger partial charge is 0.326 e. The number of primary amides is 1.